The highest BCUT2D eigenvalue weighted by Crippen LogP contribution is 2.59. The lowest BCUT2D eigenvalue weighted by molar-refractivity contribution is 0.778. The van der Waals surface area contributed by atoms with Crippen molar-refractivity contribution in [3.63, 3.8) is 0 Å². The highest BCUT2D eigenvalue weighted by molar-refractivity contribution is 7.75. The molecule has 0 aromatic rings. The lowest BCUT2D eigenvalue weighted by atomic mass is 10.3. The van der Waals surface area contributed by atoms with Gasteiger partial charge in [-0.15, -0.1) is 0 Å². The van der Waals surface area contributed by atoms with Crippen LogP contribution >= 0.6 is 15.8 Å². The average Bonchev–Trinajstić information content (AvgIpc) is 1.82. The maximum absolute atomic E-state index is 2.46. The summed E-state index contributed by atoms with van der Waals surface area (Å²) in [6, 6.07) is 0. The molecular weight excluding hydrogens is 194 g/mol. The van der Waals surface area contributed by atoms with E-state index in [0.717, 1.165) is 0 Å². The van der Waals surface area contributed by atoms with Gasteiger partial charge in [0.1, 0.15) is 0 Å². The first-order valence-corrected chi connectivity index (χ1v) is 8.92. The quantitative estimate of drug-likeness (QED) is 0.588. The Hall–Kier alpha value is 0.860. The van der Waals surface area contributed by atoms with E-state index < -0.39 is 0 Å². The van der Waals surface area contributed by atoms with Gasteiger partial charge in [0, 0.05) is 0 Å². The van der Waals surface area contributed by atoms with Crippen molar-refractivity contribution in [1.82, 2.24) is 0 Å². The zero-order chi connectivity index (χ0) is 10.9. The van der Waals surface area contributed by atoms with Crippen molar-refractivity contribution in [2.45, 2.75) is 51.9 Å². The van der Waals surface area contributed by atoms with Gasteiger partial charge in [0.25, 0.3) is 0 Å². The molecule has 0 nitrogen and oxygen atoms in total. The van der Waals surface area contributed by atoms with Gasteiger partial charge < -0.3 is 0 Å². The van der Waals surface area contributed by atoms with E-state index >= 15 is 0 Å². The van der Waals surface area contributed by atoms with E-state index in [1.807, 2.05) is 0 Å². The number of rotatable bonds is 2. The first-order chi connectivity index (χ1) is 5.55. The third-order valence-corrected chi connectivity index (χ3v) is 10.7. The molecule has 2 atom stereocenters. The standard InChI is InChI=1S/C11H26P2/c1-10(2,3)12(7)9-13(8)11(4,5)6/h9H2,1-8H3/t12-,13-/m0/s1. The Morgan fingerprint density at radius 1 is 0.692 bits per heavy atom. The summed E-state index contributed by atoms with van der Waals surface area (Å²) in [7, 11) is 0.407. The third-order valence-electron chi connectivity index (χ3n) is 2.71. The van der Waals surface area contributed by atoms with Gasteiger partial charge in [0.05, 0.1) is 0 Å². The van der Waals surface area contributed by atoms with Crippen LogP contribution in [0.15, 0.2) is 0 Å². The topological polar surface area (TPSA) is 0 Å². The van der Waals surface area contributed by atoms with Crippen molar-refractivity contribution in [1.29, 1.82) is 0 Å². The first kappa shape index (κ1) is 13.9. The monoisotopic (exact) mass is 220 g/mol. The Balaban J connectivity index is 4.15. The fraction of sp³-hybridized carbons (Fsp3) is 1.00. The maximum atomic E-state index is 2.46. The Morgan fingerprint density at radius 3 is 1.08 bits per heavy atom. The molecule has 13 heavy (non-hydrogen) atoms. The lowest BCUT2D eigenvalue weighted by Crippen LogP contribution is -2.17. The molecule has 0 saturated heterocycles. The molecule has 0 aromatic heterocycles. The molecule has 0 spiro atoms. The molecule has 0 aliphatic rings. The second kappa shape index (κ2) is 4.59. The summed E-state index contributed by atoms with van der Waals surface area (Å²) in [5.74, 6) is 1.47. The second-order valence-corrected chi connectivity index (χ2v) is 12.5. The largest absolute Gasteiger partial charge is 0.1000 e. The van der Waals surface area contributed by atoms with E-state index in [9.17, 15) is 0 Å². The van der Waals surface area contributed by atoms with Gasteiger partial charge in [-0.1, -0.05) is 57.4 Å². The highest BCUT2D eigenvalue weighted by Gasteiger charge is 2.26. The van der Waals surface area contributed by atoms with Gasteiger partial charge in [-0.3, -0.25) is 0 Å². The summed E-state index contributed by atoms with van der Waals surface area (Å²) in [4.78, 5) is 0. The van der Waals surface area contributed by atoms with Crippen LogP contribution in [0.1, 0.15) is 41.5 Å². The summed E-state index contributed by atoms with van der Waals surface area (Å²) in [5.41, 5.74) is 0. The van der Waals surface area contributed by atoms with Crippen molar-refractivity contribution >= 4 is 15.8 Å². The summed E-state index contributed by atoms with van der Waals surface area (Å²) in [6.07, 6.45) is 0. The molecule has 0 aliphatic carbocycles. The maximum Gasteiger partial charge on any atom is -0.0116 e. The van der Waals surface area contributed by atoms with Gasteiger partial charge in [0.15, 0.2) is 0 Å². The smallest absolute Gasteiger partial charge is 0.0116 e. The number of hydrogen-bond donors (Lipinski definition) is 0. The Kier molecular flexibility index (Phi) is 4.89. The van der Waals surface area contributed by atoms with Gasteiger partial charge in [0.2, 0.25) is 0 Å². The fourth-order valence-electron chi connectivity index (χ4n) is 0.742. The van der Waals surface area contributed by atoms with Gasteiger partial charge in [-0.2, -0.15) is 0 Å². The normalized spacial score (nSPS) is 18.5. The highest BCUT2D eigenvalue weighted by atomic mass is 31.2. The van der Waals surface area contributed by atoms with E-state index in [1.165, 1.54) is 5.90 Å². The van der Waals surface area contributed by atoms with Gasteiger partial charge in [-0.05, 0) is 29.5 Å². The summed E-state index contributed by atoms with van der Waals surface area (Å²) in [5, 5.41) is 1.08. The van der Waals surface area contributed by atoms with Gasteiger partial charge >= 0.3 is 0 Å². The Bertz CT molecular complexity index is 132. The third kappa shape index (κ3) is 5.34. The van der Waals surface area contributed by atoms with Crippen molar-refractivity contribution in [2.75, 3.05) is 19.2 Å². The number of hydrogen-bond acceptors (Lipinski definition) is 0. The zero-order valence-electron chi connectivity index (χ0n) is 10.6. The predicted octanol–water partition coefficient (Wildman–Crippen LogP) is 4.76. The Labute approximate surface area is 87.4 Å². The van der Waals surface area contributed by atoms with Crippen LogP contribution in [-0.2, 0) is 0 Å². The van der Waals surface area contributed by atoms with Crippen LogP contribution in [-0.4, -0.2) is 29.5 Å². The van der Waals surface area contributed by atoms with Crippen LogP contribution in [0.25, 0.3) is 0 Å². The SMILES string of the molecule is C[P@@](C[P@](C)C(C)(C)C)C(C)(C)C. The molecule has 0 amide bonds. The van der Waals surface area contributed by atoms with E-state index in [-0.39, 0.29) is 15.8 Å². The van der Waals surface area contributed by atoms with E-state index in [2.05, 4.69) is 54.9 Å². The minimum atomic E-state index is 0.204. The molecule has 0 N–H and O–H groups in total. The van der Waals surface area contributed by atoms with Crippen molar-refractivity contribution in [3.8, 4) is 0 Å². The molecule has 0 heterocycles. The van der Waals surface area contributed by atoms with E-state index in [1.54, 1.807) is 0 Å². The van der Waals surface area contributed by atoms with Crippen molar-refractivity contribution in [2.24, 2.45) is 0 Å². The minimum absolute atomic E-state index is 0.204. The summed E-state index contributed by atoms with van der Waals surface area (Å²) >= 11 is 0. The molecule has 0 rings (SSSR count). The van der Waals surface area contributed by atoms with Crippen molar-refractivity contribution in [3.05, 3.63) is 0 Å². The molecule has 0 aromatic carbocycles. The van der Waals surface area contributed by atoms with Crippen LogP contribution < -0.4 is 0 Å². The molecular formula is C11H26P2. The summed E-state index contributed by atoms with van der Waals surface area (Å²) in [6.45, 7) is 19.2. The van der Waals surface area contributed by atoms with Crippen molar-refractivity contribution < 1.29 is 0 Å². The van der Waals surface area contributed by atoms with Crippen LogP contribution in [0.5, 0.6) is 0 Å². The molecule has 2 heteroatoms. The zero-order valence-corrected chi connectivity index (χ0v) is 12.4. The fourth-order valence-corrected chi connectivity index (χ4v) is 6.68. The molecule has 0 unspecified atom stereocenters. The molecule has 0 bridgehead atoms. The predicted molar refractivity (Wildman–Crippen MR) is 70.1 cm³/mol. The average molecular weight is 220 g/mol. The second-order valence-electron chi connectivity index (χ2n) is 5.88. The van der Waals surface area contributed by atoms with E-state index in [0.29, 0.717) is 10.3 Å². The molecule has 80 valence electrons. The van der Waals surface area contributed by atoms with Crippen LogP contribution in [0.3, 0.4) is 0 Å². The minimum Gasteiger partial charge on any atom is -0.1000 e. The molecule has 0 aliphatic heterocycles. The molecule has 0 saturated carbocycles. The van der Waals surface area contributed by atoms with Crippen LogP contribution in [0, 0.1) is 0 Å². The Morgan fingerprint density at radius 2 is 0.923 bits per heavy atom. The van der Waals surface area contributed by atoms with Gasteiger partial charge in [-0.25, -0.2) is 0 Å². The first-order valence-electron chi connectivity index (χ1n) is 4.97. The summed E-state index contributed by atoms with van der Waals surface area (Å²) < 4.78 is 0. The molecule has 0 radical (unpaired) electrons. The van der Waals surface area contributed by atoms with Crippen LogP contribution in [0.2, 0.25) is 0 Å². The molecule has 0 fully saturated rings. The lowest BCUT2D eigenvalue weighted by Gasteiger charge is -2.35. The van der Waals surface area contributed by atoms with E-state index in [4.69, 9.17) is 0 Å². The van der Waals surface area contributed by atoms with Crippen LogP contribution in [0.4, 0.5) is 0 Å².